The number of anilines is 2. The van der Waals surface area contributed by atoms with E-state index in [9.17, 15) is 10.1 Å². The molecule has 1 aromatic heterocycles. The van der Waals surface area contributed by atoms with Crippen LogP contribution in [0.2, 0.25) is 0 Å². The molecule has 0 bridgehead atoms. The fourth-order valence-electron chi connectivity index (χ4n) is 2.60. The standard InChI is InChI=1S/C13H22N6O2/c1-4-14-13-15-9(2)11(19(20)21)12(17-13)16-10-6-5-7-18(3)8-10/h10H,4-8H2,1-3H3,(H2,14,15,16,17). The highest BCUT2D eigenvalue weighted by molar-refractivity contribution is 5.61. The number of nitro groups is 1. The van der Waals surface area contributed by atoms with Crippen molar-refractivity contribution in [3.63, 3.8) is 0 Å². The topological polar surface area (TPSA) is 96.2 Å². The van der Waals surface area contributed by atoms with Gasteiger partial charge in [0.25, 0.3) is 0 Å². The van der Waals surface area contributed by atoms with Crippen molar-refractivity contribution in [2.75, 3.05) is 37.3 Å². The summed E-state index contributed by atoms with van der Waals surface area (Å²) in [6, 6.07) is 0.172. The number of likely N-dealkylation sites (tertiary alicyclic amines) is 1. The first-order valence-corrected chi connectivity index (χ1v) is 7.23. The van der Waals surface area contributed by atoms with Crippen LogP contribution in [0.5, 0.6) is 0 Å². The van der Waals surface area contributed by atoms with E-state index >= 15 is 0 Å². The Bertz CT molecular complexity index is 522. The lowest BCUT2D eigenvalue weighted by atomic mass is 10.1. The molecule has 1 unspecified atom stereocenters. The Balaban J connectivity index is 2.28. The Hall–Kier alpha value is -1.96. The second-order valence-electron chi connectivity index (χ2n) is 5.36. The van der Waals surface area contributed by atoms with Crippen molar-refractivity contribution < 1.29 is 4.92 Å². The van der Waals surface area contributed by atoms with Crippen LogP contribution in [0.3, 0.4) is 0 Å². The third-order valence-corrected chi connectivity index (χ3v) is 3.54. The van der Waals surface area contributed by atoms with Gasteiger partial charge in [-0.05, 0) is 40.3 Å². The van der Waals surface area contributed by atoms with Crippen LogP contribution >= 0.6 is 0 Å². The minimum absolute atomic E-state index is 0.0371. The van der Waals surface area contributed by atoms with Gasteiger partial charge in [0.05, 0.1) is 4.92 Å². The third-order valence-electron chi connectivity index (χ3n) is 3.54. The molecule has 2 rings (SSSR count). The highest BCUT2D eigenvalue weighted by Gasteiger charge is 2.25. The molecule has 0 aliphatic carbocycles. The van der Waals surface area contributed by atoms with Gasteiger partial charge in [0.1, 0.15) is 5.69 Å². The maximum absolute atomic E-state index is 11.3. The van der Waals surface area contributed by atoms with Gasteiger partial charge in [0.15, 0.2) is 0 Å². The largest absolute Gasteiger partial charge is 0.360 e. The van der Waals surface area contributed by atoms with Gasteiger partial charge in [-0.15, -0.1) is 0 Å². The van der Waals surface area contributed by atoms with Crippen LogP contribution in [0.1, 0.15) is 25.5 Å². The van der Waals surface area contributed by atoms with E-state index in [4.69, 9.17) is 0 Å². The van der Waals surface area contributed by atoms with E-state index in [2.05, 4.69) is 32.5 Å². The van der Waals surface area contributed by atoms with E-state index in [0.717, 1.165) is 25.9 Å². The summed E-state index contributed by atoms with van der Waals surface area (Å²) in [6.07, 6.45) is 2.06. The second kappa shape index (κ2) is 6.66. The first kappa shape index (κ1) is 15.4. The fraction of sp³-hybridized carbons (Fsp3) is 0.692. The van der Waals surface area contributed by atoms with Gasteiger partial charge >= 0.3 is 5.69 Å². The minimum Gasteiger partial charge on any atom is -0.360 e. The third kappa shape index (κ3) is 3.78. The summed E-state index contributed by atoms with van der Waals surface area (Å²) in [6.45, 7) is 6.16. The van der Waals surface area contributed by atoms with Crippen molar-refractivity contribution in [1.82, 2.24) is 14.9 Å². The number of likely N-dealkylation sites (N-methyl/N-ethyl adjacent to an activating group) is 1. The molecule has 0 radical (unpaired) electrons. The fourth-order valence-corrected chi connectivity index (χ4v) is 2.60. The first-order chi connectivity index (χ1) is 10.0. The summed E-state index contributed by atoms with van der Waals surface area (Å²) in [4.78, 5) is 21.5. The van der Waals surface area contributed by atoms with Crippen LogP contribution in [0.4, 0.5) is 17.5 Å². The predicted octanol–water partition coefficient (Wildman–Crippen LogP) is 1.63. The van der Waals surface area contributed by atoms with Gasteiger partial charge in [-0.2, -0.15) is 4.98 Å². The van der Waals surface area contributed by atoms with Crippen LogP contribution in [-0.2, 0) is 0 Å². The highest BCUT2D eigenvalue weighted by Crippen LogP contribution is 2.28. The highest BCUT2D eigenvalue weighted by atomic mass is 16.6. The number of aryl methyl sites for hydroxylation is 1. The molecule has 0 spiro atoms. The molecule has 1 aliphatic heterocycles. The first-order valence-electron chi connectivity index (χ1n) is 7.23. The molecule has 8 heteroatoms. The van der Waals surface area contributed by atoms with Crippen LogP contribution in [0.15, 0.2) is 0 Å². The zero-order chi connectivity index (χ0) is 15.4. The van der Waals surface area contributed by atoms with E-state index in [-0.39, 0.29) is 11.7 Å². The summed E-state index contributed by atoms with van der Waals surface area (Å²) < 4.78 is 0. The average molecular weight is 294 g/mol. The SMILES string of the molecule is CCNc1nc(C)c([N+](=O)[O-])c(NC2CCCN(C)C2)n1. The number of nitrogens with zero attached hydrogens (tertiary/aromatic N) is 4. The molecule has 8 nitrogen and oxygen atoms in total. The lowest BCUT2D eigenvalue weighted by Gasteiger charge is -2.30. The van der Waals surface area contributed by atoms with E-state index in [1.807, 2.05) is 6.92 Å². The molecule has 1 aliphatic rings. The molecule has 0 saturated carbocycles. The monoisotopic (exact) mass is 294 g/mol. The van der Waals surface area contributed by atoms with Gasteiger partial charge in [-0.25, -0.2) is 4.98 Å². The van der Waals surface area contributed by atoms with Gasteiger partial charge in [-0.3, -0.25) is 10.1 Å². The molecule has 0 amide bonds. The van der Waals surface area contributed by atoms with Crippen LogP contribution in [-0.4, -0.2) is 52.5 Å². The number of aromatic nitrogens is 2. The average Bonchev–Trinajstić information content (AvgIpc) is 2.38. The molecule has 1 atom stereocenters. The van der Waals surface area contributed by atoms with E-state index in [0.29, 0.717) is 24.0 Å². The molecular formula is C13H22N6O2. The van der Waals surface area contributed by atoms with Crippen molar-refractivity contribution in [3.05, 3.63) is 15.8 Å². The molecular weight excluding hydrogens is 272 g/mol. The smallest absolute Gasteiger partial charge is 0.332 e. The Labute approximate surface area is 124 Å². The lowest BCUT2D eigenvalue weighted by Crippen LogP contribution is -2.40. The number of rotatable bonds is 5. The molecule has 2 heterocycles. The lowest BCUT2D eigenvalue weighted by molar-refractivity contribution is -0.385. The Morgan fingerprint density at radius 1 is 1.48 bits per heavy atom. The maximum atomic E-state index is 11.3. The Kier molecular flexibility index (Phi) is 4.89. The normalized spacial score (nSPS) is 19.3. The van der Waals surface area contributed by atoms with Gasteiger partial charge < -0.3 is 15.5 Å². The zero-order valence-corrected chi connectivity index (χ0v) is 12.7. The minimum atomic E-state index is -0.417. The van der Waals surface area contributed by atoms with Crippen molar-refractivity contribution in [2.24, 2.45) is 0 Å². The van der Waals surface area contributed by atoms with Gasteiger partial charge in [0.2, 0.25) is 11.8 Å². The van der Waals surface area contributed by atoms with E-state index in [1.54, 1.807) is 6.92 Å². The summed E-state index contributed by atoms with van der Waals surface area (Å²) >= 11 is 0. The zero-order valence-electron chi connectivity index (χ0n) is 12.7. The predicted molar refractivity (Wildman–Crippen MR) is 81.7 cm³/mol. The summed E-state index contributed by atoms with van der Waals surface area (Å²) in [5.74, 6) is 0.732. The van der Waals surface area contributed by atoms with Crippen LogP contribution < -0.4 is 10.6 Å². The number of hydrogen-bond acceptors (Lipinski definition) is 7. The van der Waals surface area contributed by atoms with Crippen molar-refractivity contribution >= 4 is 17.5 Å². The number of piperidine rings is 1. The van der Waals surface area contributed by atoms with E-state index < -0.39 is 4.92 Å². The molecule has 0 aromatic carbocycles. The molecule has 1 fully saturated rings. The molecule has 21 heavy (non-hydrogen) atoms. The van der Waals surface area contributed by atoms with Crippen molar-refractivity contribution in [1.29, 1.82) is 0 Å². The second-order valence-corrected chi connectivity index (χ2v) is 5.36. The van der Waals surface area contributed by atoms with E-state index in [1.165, 1.54) is 0 Å². The van der Waals surface area contributed by atoms with Crippen LogP contribution in [0, 0.1) is 17.0 Å². The van der Waals surface area contributed by atoms with Crippen molar-refractivity contribution in [2.45, 2.75) is 32.7 Å². The molecule has 2 N–H and O–H groups in total. The summed E-state index contributed by atoms with van der Waals surface area (Å²) in [5.41, 5.74) is 0.336. The quantitative estimate of drug-likeness (QED) is 0.629. The van der Waals surface area contributed by atoms with Crippen molar-refractivity contribution in [3.8, 4) is 0 Å². The van der Waals surface area contributed by atoms with Crippen LogP contribution in [0.25, 0.3) is 0 Å². The summed E-state index contributed by atoms with van der Waals surface area (Å²) in [7, 11) is 2.05. The maximum Gasteiger partial charge on any atom is 0.332 e. The number of nitrogens with one attached hydrogen (secondary N) is 2. The molecule has 116 valence electrons. The summed E-state index contributed by atoms with van der Waals surface area (Å²) in [5, 5.41) is 17.5. The molecule has 1 saturated heterocycles. The Morgan fingerprint density at radius 2 is 2.24 bits per heavy atom. The Morgan fingerprint density at radius 3 is 2.86 bits per heavy atom. The molecule has 1 aromatic rings. The van der Waals surface area contributed by atoms with Gasteiger partial charge in [0, 0.05) is 19.1 Å². The number of hydrogen-bond donors (Lipinski definition) is 2. The van der Waals surface area contributed by atoms with Gasteiger partial charge in [-0.1, -0.05) is 0 Å².